The van der Waals surface area contributed by atoms with Gasteiger partial charge in [-0.3, -0.25) is 9.48 Å². The molecule has 2 aromatic rings. The van der Waals surface area contributed by atoms with Gasteiger partial charge in [-0.25, -0.2) is 0 Å². The lowest BCUT2D eigenvalue weighted by Gasteiger charge is -2.20. The van der Waals surface area contributed by atoms with Crippen LogP contribution in [0.4, 0.5) is 13.2 Å². The van der Waals surface area contributed by atoms with Crippen molar-refractivity contribution >= 4 is 22.2 Å². The molecule has 0 spiro atoms. The molecule has 0 atom stereocenters. The highest BCUT2D eigenvalue weighted by Crippen LogP contribution is 2.34. The van der Waals surface area contributed by atoms with Crippen LogP contribution in [-0.2, 0) is 11.7 Å². The van der Waals surface area contributed by atoms with Gasteiger partial charge in [0.05, 0.1) is 16.7 Å². The molecular formula is C15H14BrF3N2O. The van der Waals surface area contributed by atoms with Gasteiger partial charge in [-0.2, -0.15) is 18.3 Å². The molecule has 0 aliphatic carbocycles. The zero-order chi connectivity index (χ0) is 16.7. The fourth-order valence-electron chi connectivity index (χ4n) is 1.99. The number of carbonyl (C=O) groups is 1. The van der Waals surface area contributed by atoms with Crippen LogP contribution in [0, 0.1) is 0 Å². The normalized spacial score (nSPS) is 12.5. The fourth-order valence-corrected chi connectivity index (χ4v) is 2.88. The first-order valence-electron chi connectivity index (χ1n) is 6.47. The molecule has 0 amide bonds. The maximum atomic E-state index is 12.6. The maximum Gasteiger partial charge on any atom is 0.416 e. The molecular weight excluding hydrogens is 361 g/mol. The van der Waals surface area contributed by atoms with E-state index in [1.165, 1.54) is 12.1 Å². The van der Waals surface area contributed by atoms with Gasteiger partial charge in [0.2, 0.25) is 0 Å². The van der Waals surface area contributed by atoms with Gasteiger partial charge in [-0.15, -0.1) is 0 Å². The van der Waals surface area contributed by atoms with E-state index in [-0.39, 0.29) is 5.54 Å². The largest absolute Gasteiger partial charge is 0.416 e. The Morgan fingerprint density at radius 2 is 1.68 bits per heavy atom. The third-order valence-electron chi connectivity index (χ3n) is 3.10. The first kappa shape index (κ1) is 16.7. The molecule has 0 saturated heterocycles. The Balaban J connectivity index is 2.56. The number of halogens is 4. The van der Waals surface area contributed by atoms with Crippen LogP contribution in [0.1, 0.15) is 36.7 Å². The van der Waals surface area contributed by atoms with Crippen LogP contribution < -0.4 is 0 Å². The van der Waals surface area contributed by atoms with Crippen LogP contribution in [0.15, 0.2) is 28.9 Å². The molecule has 22 heavy (non-hydrogen) atoms. The zero-order valence-corrected chi connectivity index (χ0v) is 13.8. The Morgan fingerprint density at radius 3 is 2.09 bits per heavy atom. The molecule has 0 bridgehead atoms. The van der Waals surface area contributed by atoms with Crippen molar-refractivity contribution in [2.24, 2.45) is 0 Å². The lowest BCUT2D eigenvalue weighted by Crippen LogP contribution is -2.23. The van der Waals surface area contributed by atoms with Crippen LogP contribution in [0.2, 0.25) is 0 Å². The predicted molar refractivity (Wildman–Crippen MR) is 80.7 cm³/mol. The number of carbonyl (C=O) groups excluding carboxylic acids is 1. The third-order valence-corrected chi connectivity index (χ3v) is 3.87. The average Bonchev–Trinajstić information content (AvgIpc) is 2.74. The second-order valence-corrected chi connectivity index (χ2v) is 6.58. The van der Waals surface area contributed by atoms with Crippen molar-refractivity contribution in [1.29, 1.82) is 0 Å². The SMILES string of the molecule is CC(C)(C)n1nc(-c2ccc(C(F)(F)F)cc2)c(C=O)c1Br. The van der Waals surface area contributed by atoms with Gasteiger partial charge < -0.3 is 0 Å². The smallest absolute Gasteiger partial charge is 0.298 e. The Morgan fingerprint density at radius 1 is 1.14 bits per heavy atom. The molecule has 7 heteroatoms. The van der Waals surface area contributed by atoms with E-state index in [1.54, 1.807) is 4.68 Å². The molecule has 0 aliphatic heterocycles. The second-order valence-electron chi connectivity index (χ2n) is 5.83. The third kappa shape index (κ3) is 3.09. The molecule has 0 fully saturated rings. The van der Waals surface area contributed by atoms with E-state index >= 15 is 0 Å². The fraction of sp³-hybridized carbons (Fsp3) is 0.333. The van der Waals surface area contributed by atoms with Gasteiger partial charge >= 0.3 is 6.18 Å². The van der Waals surface area contributed by atoms with Crippen molar-refractivity contribution in [3.05, 3.63) is 40.0 Å². The van der Waals surface area contributed by atoms with E-state index in [2.05, 4.69) is 21.0 Å². The highest BCUT2D eigenvalue weighted by atomic mass is 79.9. The summed E-state index contributed by atoms with van der Waals surface area (Å²) >= 11 is 3.33. The summed E-state index contributed by atoms with van der Waals surface area (Å²) in [6.07, 6.45) is -3.75. The number of hydrogen-bond donors (Lipinski definition) is 0. The summed E-state index contributed by atoms with van der Waals surface area (Å²) in [5, 5.41) is 4.37. The summed E-state index contributed by atoms with van der Waals surface area (Å²) in [6.45, 7) is 5.74. The van der Waals surface area contributed by atoms with Crippen molar-refractivity contribution in [3.63, 3.8) is 0 Å². The van der Waals surface area contributed by atoms with Crippen molar-refractivity contribution in [2.45, 2.75) is 32.5 Å². The first-order chi connectivity index (χ1) is 10.1. The highest BCUT2D eigenvalue weighted by molar-refractivity contribution is 9.10. The van der Waals surface area contributed by atoms with Crippen LogP contribution in [-0.4, -0.2) is 16.1 Å². The molecule has 1 aromatic heterocycles. The number of rotatable bonds is 2. The summed E-state index contributed by atoms with van der Waals surface area (Å²) in [7, 11) is 0. The van der Waals surface area contributed by atoms with Crippen LogP contribution in [0.25, 0.3) is 11.3 Å². The van der Waals surface area contributed by atoms with Crippen LogP contribution >= 0.6 is 15.9 Å². The number of hydrogen-bond acceptors (Lipinski definition) is 2. The van der Waals surface area contributed by atoms with Crippen LogP contribution in [0.5, 0.6) is 0 Å². The van der Waals surface area contributed by atoms with E-state index in [4.69, 9.17) is 0 Å². The van der Waals surface area contributed by atoms with Gasteiger partial charge in [0.25, 0.3) is 0 Å². The molecule has 0 N–H and O–H groups in total. The summed E-state index contributed by atoms with van der Waals surface area (Å²) in [5.41, 5.74) is 0.0121. The topological polar surface area (TPSA) is 34.9 Å². The number of nitrogens with zero attached hydrogens (tertiary/aromatic N) is 2. The Bertz CT molecular complexity index is 697. The molecule has 2 rings (SSSR count). The standard InChI is InChI=1S/C15H14BrF3N2O/c1-14(2,3)21-13(16)11(8-22)12(20-21)9-4-6-10(7-5-9)15(17,18)19/h4-8H,1-3H3. The highest BCUT2D eigenvalue weighted by Gasteiger charge is 2.30. The minimum Gasteiger partial charge on any atom is -0.298 e. The first-order valence-corrected chi connectivity index (χ1v) is 7.27. The second kappa shape index (κ2) is 5.53. The van der Waals surface area contributed by atoms with Gasteiger partial charge in [0.1, 0.15) is 10.3 Å². The van der Waals surface area contributed by atoms with Gasteiger partial charge in [-0.1, -0.05) is 12.1 Å². The quantitative estimate of drug-likeness (QED) is 0.700. The molecule has 1 heterocycles. The van der Waals surface area contributed by atoms with Crippen molar-refractivity contribution < 1.29 is 18.0 Å². The predicted octanol–water partition coefficient (Wildman–Crippen LogP) is 4.90. The van der Waals surface area contributed by atoms with E-state index in [9.17, 15) is 18.0 Å². The van der Waals surface area contributed by atoms with Crippen molar-refractivity contribution in [1.82, 2.24) is 9.78 Å². The van der Waals surface area contributed by atoms with Crippen molar-refractivity contribution in [3.8, 4) is 11.3 Å². The molecule has 0 aliphatic rings. The molecule has 0 unspecified atom stereocenters. The van der Waals surface area contributed by atoms with Gasteiger partial charge in [0, 0.05) is 5.56 Å². The lowest BCUT2D eigenvalue weighted by atomic mass is 10.1. The summed E-state index contributed by atoms with van der Waals surface area (Å²) in [6, 6.07) is 4.59. The Kier molecular flexibility index (Phi) is 4.21. The van der Waals surface area contributed by atoms with E-state index in [0.717, 1.165) is 12.1 Å². The molecule has 118 valence electrons. The number of benzene rings is 1. The molecule has 3 nitrogen and oxygen atoms in total. The minimum absolute atomic E-state index is 0.315. The Labute approximate surface area is 134 Å². The zero-order valence-electron chi connectivity index (χ0n) is 12.2. The van der Waals surface area contributed by atoms with Crippen molar-refractivity contribution in [2.75, 3.05) is 0 Å². The summed E-state index contributed by atoms with van der Waals surface area (Å²) < 4.78 is 40.0. The number of alkyl halides is 3. The van der Waals surface area contributed by atoms with Gasteiger partial charge in [0.15, 0.2) is 6.29 Å². The average molecular weight is 375 g/mol. The monoisotopic (exact) mass is 374 g/mol. The molecule has 0 saturated carbocycles. The Hall–Kier alpha value is -1.63. The number of aromatic nitrogens is 2. The molecule has 0 radical (unpaired) electrons. The van der Waals surface area contributed by atoms with E-state index < -0.39 is 11.7 Å². The summed E-state index contributed by atoms with van der Waals surface area (Å²) in [4.78, 5) is 11.3. The summed E-state index contributed by atoms with van der Waals surface area (Å²) in [5.74, 6) is 0. The van der Waals surface area contributed by atoms with Gasteiger partial charge in [-0.05, 0) is 48.8 Å². The van der Waals surface area contributed by atoms with Crippen LogP contribution in [0.3, 0.4) is 0 Å². The van der Waals surface area contributed by atoms with E-state index in [1.807, 2.05) is 20.8 Å². The van der Waals surface area contributed by atoms with E-state index in [0.29, 0.717) is 27.7 Å². The number of aldehydes is 1. The lowest BCUT2D eigenvalue weighted by molar-refractivity contribution is -0.137. The minimum atomic E-state index is -4.39. The molecule has 1 aromatic carbocycles. The maximum absolute atomic E-state index is 12.6.